The predicted octanol–water partition coefficient (Wildman–Crippen LogP) is 3.72. The lowest BCUT2D eigenvalue weighted by molar-refractivity contribution is -0.136. The second-order valence-electron chi connectivity index (χ2n) is 3.95. The van der Waals surface area contributed by atoms with E-state index in [-0.39, 0.29) is 18.6 Å². The van der Waals surface area contributed by atoms with Crippen LogP contribution in [0.2, 0.25) is 0 Å². The lowest BCUT2D eigenvalue weighted by Gasteiger charge is -2.01. The number of carbonyl (C=O) groups excluding carboxylic acids is 1. The average molecular weight is 343 g/mol. The van der Waals surface area contributed by atoms with Crippen molar-refractivity contribution < 1.29 is 19.4 Å². The second-order valence-corrected chi connectivity index (χ2v) is 5.89. The molecule has 0 radical (unpaired) electrons. The molecule has 0 saturated carbocycles. The van der Waals surface area contributed by atoms with Crippen LogP contribution in [0, 0.1) is 0 Å². The van der Waals surface area contributed by atoms with Gasteiger partial charge in [0.2, 0.25) is 0 Å². The molecule has 1 N–H and O–H groups in total. The summed E-state index contributed by atoms with van der Waals surface area (Å²) < 4.78 is 6.99. The van der Waals surface area contributed by atoms with Crippen LogP contribution in [-0.2, 0) is 4.79 Å². The highest BCUT2D eigenvalue weighted by Crippen LogP contribution is 2.35. The highest BCUT2D eigenvalue weighted by molar-refractivity contribution is 9.10. The maximum atomic E-state index is 11.9. The number of Topliss-reactive ketones (excluding diaryl/α,β-unsaturated/α-hetero) is 1. The fourth-order valence-electron chi connectivity index (χ4n) is 1.68. The Labute approximate surface area is 122 Å². The van der Waals surface area contributed by atoms with Gasteiger partial charge in [0.05, 0.1) is 22.9 Å². The Morgan fingerprint density at radius 2 is 2.05 bits per heavy atom. The molecule has 2 aromatic rings. The largest absolute Gasteiger partial charge is 0.496 e. The standard InChI is InChI=1S/C13H11BrO4S/c1-18-10-4-7-5-12(9(15)2-3-13(16)17)19-11(7)6-8(10)14/h4-6H,2-3H2,1H3,(H,16,17). The Hall–Kier alpha value is -1.40. The topological polar surface area (TPSA) is 63.6 Å². The predicted molar refractivity (Wildman–Crippen MR) is 77.3 cm³/mol. The number of fused-ring (bicyclic) bond motifs is 1. The van der Waals surface area contributed by atoms with Gasteiger partial charge in [-0.05, 0) is 39.5 Å². The normalized spacial score (nSPS) is 10.6. The Morgan fingerprint density at radius 1 is 1.32 bits per heavy atom. The number of carboxylic acids is 1. The van der Waals surface area contributed by atoms with Crippen molar-refractivity contribution in [1.29, 1.82) is 0 Å². The summed E-state index contributed by atoms with van der Waals surface area (Å²) in [6.07, 6.45) is -0.111. The van der Waals surface area contributed by atoms with Crippen LogP contribution in [0.1, 0.15) is 22.5 Å². The molecule has 6 heteroatoms. The van der Waals surface area contributed by atoms with Crippen molar-refractivity contribution in [2.45, 2.75) is 12.8 Å². The SMILES string of the molecule is COc1cc2cc(C(=O)CCC(=O)O)sc2cc1Br. The van der Waals surface area contributed by atoms with Crippen molar-refractivity contribution in [3.8, 4) is 5.75 Å². The number of carbonyl (C=O) groups is 2. The van der Waals surface area contributed by atoms with Crippen LogP contribution in [0.4, 0.5) is 0 Å². The number of ketones is 1. The molecule has 19 heavy (non-hydrogen) atoms. The molecule has 100 valence electrons. The van der Waals surface area contributed by atoms with Gasteiger partial charge in [0.25, 0.3) is 0 Å². The average Bonchev–Trinajstić information content (AvgIpc) is 2.77. The fraction of sp³-hybridized carbons (Fsp3) is 0.231. The van der Waals surface area contributed by atoms with Crippen molar-refractivity contribution in [3.05, 3.63) is 27.5 Å². The van der Waals surface area contributed by atoms with Crippen LogP contribution in [0.15, 0.2) is 22.7 Å². The summed E-state index contributed by atoms with van der Waals surface area (Å²) in [6.45, 7) is 0. The number of hydrogen-bond donors (Lipinski definition) is 1. The molecule has 0 aliphatic rings. The molecule has 2 rings (SSSR count). The summed E-state index contributed by atoms with van der Waals surface area (Å²) in [5.74, 6) is -0.396. The van der Waals surface area contributed by atoms with Crippen LogP contribution < -0.4 is 4.74 Å². The van der Waals surface area contributed by atoms with Gasteiger partial charge in [-0.25, -0.2) is 0 Å². The van der Waals surface area contributed by atoms with Crippen LogP contribution in [0.3, 0.4) is 0 Å². The third-order valence-corrected chi connectivity index (χ3v) is 4.39. The lowest BCUT2D eigenvalue weighted by atomic mass is 10.1. The minimum atomic E-state index is -0.959. The fourth-order valence-corrected chi connectivity index (χ4v) is 3.39. The van der Waals surface area contributed by atoms with Crippen LogP contribution in [0.25, 0.3) is 10.1 Å². The summed E-state index contributed by atoms with van der Waals surface area (Å²) in [6, 6.07) is 5.52. The van der Waals surface area contributed by atoms with Gasteiger partial charge in [-0.15, -0.1) is 11.3 Å². The van der Waals surface area contributed by atoms with Crippen molar-refractivity contribution in [1.82, 2.24) is 0 Å². The smallest absolute Gasteiger partial charge is 0.303 e. The number of benzene rings is 1. The van der Waals surface area contributed by atoms with Crippen LogP contribution >= 0.6 is 27.3 Å². The zero-order valence-electron chi connectivity index (χ0n) is 10.1. The highest BCUT2D eigenvalue weighted by atomic mass is 79.9. The molecule has 0 aliphatic heterocycles. The van der Waals surface area contributed by atoms with Gasteiger partial charge >= 0.3 is 5.97 Å². The maximum absolute atomic E-state index is 11.9. The molecule has 0 amide bonds. The van der Waals surface area contributed by atoms with Gasteiger partial charge in [-0.2, -0.15) is 0 Å². The van der Waals surface area contributed by atoms with E-state index < -0.39 is 5.97 Å². The molecule has 0 aliphatic carbocycles. The van der Waals surface area contributed by atoms with E-state index in [1.54, 1.807) is 13.2 Å². The summed E-state index contributed by atoms with van der Waals surface area (Å²) >= 11 is 4.76. The Kier molecular flexibility index (Phi) is 4.21. The third-order valence-electron chi connectivity index (χ3n) is 2.63. The van der Waals surface area contributed by atoms with E-state index in [1.165, 1.54) is 11.3 Å². The third kappa shape index (κ3) is 3.13. The number of halogens is 1. The number of ether oxygens (including phenoxy) is 1. The molecule has 0 saturated heterocycles. The number of hydrogen-bond acceptors (Lipinski definition) is 4. The van der Waals surface area contributed by atoms with Gasteiger partial charge in [0, 0.05) is 11.1 Å². The summed E-state index contributed by atoms with van der Waals surface area (Å²) in [7, 11) is 1.58. The van der Waals surface area contributed by atoms with Gasteiger partial charge in [0.1, 0.15) is 5.75 Å². The first-order valence-electron chi connectivity index (χ1n) is 5.53. The van der Waals surface area contributed by atoms with E-state index in [0.717, 1.165) is 14.6 Å². The molecule has 1 aromatic heterocycles. The van der Waals surface area contributed by atoms with Gasteiger partial charge < -0.3 is 9.84 Å². The van der Waals surface area contributed by atoms with Gasteiger partial charge in [-0.3, -0.25) is 9.59 Å². The molecule has 4 nitrogen and oxygen atoms in total. The highest BCUT2D eigenvalue weighted by Gasteiger charge is 2.13. The van der Waals surface area contributed by atoms with Crippen LogP contribution in [0.5, 0.6) is 5.75 Å². The minimum Gasteiger partial charge on any atom is -0.496 e. The second kappa shape index (κ2) is 5.71. The quantitative estimate of drug-likeness (QED) is 0.841. The van der Waals surface area contributed by atoms with E-state index in [1.807, 2.05) is 12.1 Å². The van der Waals surface area contributed by atoms with E-state index in [2.05, 4.69) is 15.9 Å². The van der Waals surface area contributed by atoms with Crippen molar-refractivity contribution >= 4 is 49.1 Å². The maximum Gasteiger partial charge on any atom is 0.303 e. The van der Waals surface area contributed by atoms with Crippen LogP contribution in [-0.4, -0.2) is 24.0 Å². The molecule has 0 bridgehead atoms. The number of thiophene rings is 1. The molecule has 1 aromatic carbocycles. The minimum absolute atomic E-state index is 0.0282. The Morgan fingerprint density at radius 3 is 2.68 bits per heavy atom. The molecule has 0 atom stereocenters. The monoisotopic (exact) mass is 342 g/mol. The number of methoxy groups -OCH3 is 1. The van der Waals surface area contributed by atoms with Crippen molar-refractivity contribution in [3.63, 3.8) is 0 Å². The molecular formula is C13H11BrO4S. The number of aliphatic carboxylic acids is 1. The Bertz CT molecular complexity index is 647. The lowest BCUT2D eigenvalue weighted by Crippen LogP contribution is -2.01. The molecular weight excluding hydrogens is 332 g/mol. The molecule has 0 fully saturated rings. The molecule has 0 spiro atoms. The molecule has 1 heterocycles. The van der Waals surface area contributed by atoms with Gasteiger partial charge in [0.15, 0.2) is 5.78 Å². The zero-order chi connectivity index (χ0) is 14.0. The van der Waals surface area contributed by atoms with E-state index >= 15 is 0 Å². The van der Waals surface area contributed by atoms with E-state index in [9.17, 15) is 9.59 Å². The molecule has 0 unspecified atom stereocenters. The zero-order valence-corrected chi connectivity index (χ0v) is 12.5. The Balaban J connectivity index is 2.31. The first kappa shape index (κ1) is 14.0. The summed E-state index contributed by atoms with van der Waals surface area (Å²) in [4.78, 5) is 22.9. The van der Waals surface area contributed by atoms with E-state index in [4.69, 9.17) is 9.84 Å². The summed E-state index contributed by atoms with van der Waals surface area (Å²) in [5.41, 5.74) is 0. The summed E-state index contributed by atoms with van der Waals surface area (Å²) in [5, 5.41) is 9.50. The first-order valence-corrected chi connectivity index (χ1v) is 7.14. The van der Waals surface area contributed by atoms with Crippen molar-refractivity contribution in [2.75, 3.05) is 7.11 Å². The first-order chi connectivity index (χ1) is 9.01. The van der Waals surface area contributed by atoms with E-state index in [0.29, 0.717) is 10.6 Å². The van der Waals surface area contributed by atoms with Crippen molar-refractivity contribution in [2.24, 2.45) is 0 Å². The number of rotatable bonds is 5. The van der Waals surface area contributed by atoms with Gasteiger partial charge in [-0.1, -0.05) is 0 Å². The number of carboxylic acid groups (broad SMARTS) is 1.